The van der Waals surface area contributed by atoms with E-state index < -0.39 is 0 Å². The number of aromatic nitrogens is 2. The Bertz CT molecular complexity index is 2340. The SMILES string of the molecule is CC(C)(C)c1cc(-c2cc(-c3ccccc3)ccn2)[c-]c(-c2ccc(Cc3ccccc3)c(-c3cc(C(C)(C)C)cc(-c4ccccc4)c3O)n2)c1.[Pt]. The molecule has 1 N–H and O–H groups in total. The molecule has 0 saturated carbocycles. The van der Waals surface area contributed by atoms with Crippen molar-refractivity contribution in [1.82, 2.24) is 9.97 Å². The first-order valence-electron chi connectivity index (χ1n) is 18.0. The molecule has 7 rings (SSSR count). The summed E-state index contributed by atoms with van der Waals surface area (Å²) in [5.74, 6) is 0.230. The van der Waals surface area contributed by atoms with Gasteiger partial charge in [-0.25, -0.2) is 0 Å². The standard InChI is InChI=1S/C49H45N2O.Pt/c1-48(2,3)40-28-38(27-39(29-40)45-30-36(24-25-50-45)34-18-12-8-13-19-34)44-23-22-37(26-33-16-10-7-11-17-33)46(51-44)43-32-41(49(4,5)6)31-42(47(43)52)35-20-14-9-15-21-35;/h7-25,28-32,52H,26H2,1-6H3;/q-1;. The molecule has 0 fully saturated rings. The van der Waals surface area contributed by atoms with Crippen molar-refractivity contribution in [2.24, 2.45) is 0 Å². The van der Waals surface area contributed by atoms with Gasteiger partial charge in [-0.15, -0.1) is 23.8 Å². The summed E-state index contributed by atoms with van der Waals surface area (Å²) in [6, 6.07) is 51.8. The zero-order valence-corrected chi connectivity index (χ0v) is 33.5. The Morgan fingerprint density at radius 1 is 0.547 bits per heavy atom. The van der Waals surface area contributed by atoms with E-state index in [-0.39, 0.29) is 37.6 Å². The largest absolute Gasteiger partial charge is 0.507 e. The molecule has 7 aromatic rings. The van der Waals surface area contributed by atoms with Gasteiger partial charge >= 0.3 is 0 Å². The summed E-state index contributed by atoms with van der Waals surface area (Å²) >= 11 is 0. The van der Waals surface area contributed by atoms with Crippen LogP contribution in [0, 0.1) is 6.07 Å². The summed E-state index contributed by atoms with van der Waals surface area (Å²) in [5.41, 5.74) is 13.2. The summed E-state index contributed by atoms with van der Waals surface area (Å²) < 4.78 is 0. The predicted molar refractivity (Wildman–Crippen MR) is 216 cm³/mol. The minimum absolute atomic E-state index is 0. The number of benzene rings is 5. The van der Waals surface area contributed by atoms with Crippen LogP contribution < -0.4 is 0 Å². The van der Waals surface area contributed by atoms with E-state index in [4.69, 9.17) is 9.97 Å². The second kappa shape index (κ2) is 15.5. The van der Waals surface area contributed by atoms with E-state index in [1.165, 1.54) is 11.1 Å². The number of aromatic hydroxyl groups is 1. The van der Waals surface area contributed by atoms with E-state index in [2.05, 4.69) is 157 Å². The molecule has 0 amide bonds. The van der Waals surface area contributed by atoms with E-state index >= 15 is 0 Å². The van der Waals surface area contributed by atoms with Crippen LogP contribution in [0.25, 0.3) is 56.0 Å². The second-order valence-electron chi connectivity index (χ2n) is 15.6. The number of hydrogen-bond donors (Lipinski definition) is 1. The monoisotopic (exact) mass is 872 g/mol. The Kier molecular flexibility index (Phi) is 11.0. The molecule has 0 bridgehead atoms. The van der Waals surface area contributed by atoms with E-state index in [0.717, 1.165) is 67.2 Å². The Balaban J connectivity index is 0.00000481. The summed E-state index contributed by atoms with van der Waals surface area (Å²) in [7, 11) is 0. The molecular formula is C49H45N2OPt-. The predicted octanol–water partition coefficient (Wildman–Crippen LogP) is 12.5. The fourth-order valence-electron chi connectivity index (χ4n) is 6.58. The fraction of sp³-hybridized carbons (Fsp3) is 0.184. The van der Waals surface area contributed by atoms with Crippen LogP contribution in [0.4, 0.5) is 0 Å². The zero-order valence-electron chi connectivity index (χ0n) is 31.2. The Morgan fingerprint density at radius 2 is 1.09 bits per heavy atom. The minimum Gasteiger partial charge on any atom is -0.507 e. The summed E-state index contributed by atoms with van der Waals surface area (Å²) in [6.07, 6.45) is 2.55. The van der Waals surface area contributed by atoms with Crippen LogP contribution in [-0.4, -0.2) is 15.1 Å². The molecule has 0 aliphatic carbocycles. The number of phenols is 1. The molecule has 268 valence electrons. The van der Waals surface area contributed by atoms with E-state index in [1.54, 1.807) is 0 Å². The molecule has 0 radical (unpaired) electrons. The molecule has 5 aromatic carbocycles. The molecule has 0 saturated heterocycles. The van der Waals surface area contributed by atoms with Gasteiger partial charge in [-0.3, -0.25) is 9.97 Å². The molecular weight excluding hydrogens is 828 g/mol. The quantitative estimate of drug-likeness (QED) is 0.162. The first-order chi connectivity index (χ1) is 24.9. The normalized spacial score (nSPS) is 11.6. The number of hydrogen-bond acceptors (Lipinski definition) is 3. The maximum absolute atomic E-state index is 12.1. The van der Waals surface area contributed by atoms with Crippen LogP contribution in [0.3, 0.4) is 0 Å². The van der Waals surface area contributed by atoms with Crippen molar-refractivity contribution >= 4 is 0 Å². The number of nitrogens with zero attached hydrogens (tertiary/aromatic N) is 2. The van der Waals surface area contributed by atoms with Crippen LogP contribution in [0.1, 0.15) is 63.8 Å². The van der Waals surface area contributed by atoms with Crippen molar-refractivity contribution in [2.75, 3.05) is 0 Å². The Hall–Kier alpha value is -5.11. The molecule has 0 unspecified atom stereocenters. The van der Waals surface area contributed by atoms with Gasteiger partial charge in [0.05, 0.1) is 5.69 Å². The van der Waals surface area contributed by atoms with Gasteiger partial charge < -0.3 is 5.11 Å². The molecule has 53 heavy (non-hydrogen) atoms. The first kappa shape index (κ1) is 37.6. The van der Waals surface area contributed by atoms with Gasteiger partial charge in [0.2, 0.25) is 0 Å². The van der Waals surface area contributed by atoms with Crippen LogP contribution in [0.15, 0.2) is 146 Å². The topological polar surface area (TPSA) is 46.0 Å². The fourth-order valence-corrected chi connectivity index (χ4v) is 6.58. The van der Waals surface area contributed by atoms with Gasteiger partial charge in [0, 0.05) is 49.8 Å². The van der Waals surface area contributed by atoms with Gasteiger partial charge in [-0.05, 0) is 68.8 Å². The van der Waals surface area contributed by atoms with Gasteiger partial charge in [0.1, 0.15) is 5.75 Å². The third-order valence-corrected chi connectivity index (χ3v) is 9.69. The molecule has 0 aliphatic heterocycles. The zero-order chi connectivity index (χ0) is 36.5. The third-order valence-electron chi connectivity index (χ3n) is 9.69. The summed E-state index contributed by atoms with van der Waals surface area (Å²) in [5, 5.41) is 12.1. The third kappa shape index (κ3) is 8.43. The maximum Gasteiger partial charge on any atom is 0.132 e. The average Bonchev–Trinajstić information content (AvgIpc) is 3.15. The first-order valence-corrected chi connectivity index (χ1v) is 18.0. The van der Waals surface area contributed by atoms with Crippen molar-refractivity contribution in [3.8, 4) is 61.8 Å². The molecule has 3 nitrogen and oxygen atoms in total. The van der Waals surface area contributed by atoms with Crippen molar-refractivity contribution in [3.63, 3.8) is 0 Å². The van der Waals surface area contributed by atoms with Crippen LogP contribution in [0.2, 0.25) is 0 Å². The van der Waals surface area contributed by atoms with Crippen LogP contribution >= 0.6 is 0 Å². The second-order valence-corrected chi connectivity index (χ2v) is 15.6. The summed E-state index contributed by atoms with van der Waals surface area (Å²) in [4.78, 5) is 10.3. The average molecular weight is 873 g/mol. The number of pyridine rings is 2. The smallest absolute Gasteiger partial charge is 0.132 e. The van der Waals surface area contributed by atoms with Gasteiger partial charge in [-0.1, -0.05) is 162 Å². The number of rotatable bonds is 7. The molecule has 2 aromatic heterocycles. The molecule has 4 heteroatoms. The van der Waals surface area contributed by atoms with Crippen molar-refractivity contribution in [1.29, 1.82) is 0 Å². The molecule has 0 aliphatic rings. The molecule has 2 heterocycles. The van der Waals surface area contributed by atoms with E-state index in [1.807, 2.05) is 36.5 Å². The number of phenolic OH excluding ortho intramolecular Hbond substituents is 1. The Labute approximate surface area is 329 Å². The van der Waals surface area contributed by atoms with E-state index in [9.17, 15) is 5.11 Å². The van der Waals surface area contributed by atoms with Gasteiger partial charge in [0.25, 0.3) is 0 Å². The van der Waals surface area contributed by atoms with Crippen LogP contribution in [-0.2, 0) is 38.3 Å². The minimum atomic E-state index is -0.159. The van der Waals surface area contributed by atoms with Gasteiger partial charge in [0.15, 0.2) is 0 Å². The molecule has 0 spiro atoms. The molecule has 0 atom stereocenters. The van der Waals surface area contributed by atoms with Crippen LogP contribution in [0.5, 0.6) is 5.75 Å². The van der Waals surface area contributed by atoms with Crippen molar-refractivity contribution in [2.45, 2.75) is 58.8 Å². The van der Waals surface area contributed by atoms with Crippen molar-refractivity contribution < 1.29 is 26.2 Å². The maximum atomic E-state index is 12.1. The van der Waals surface area contributed by atoms with Gasteiger partial charge in [-0.2, -0.15) is 0 Å². The summed E-state index contributed by atoms with van der Waals surface area (Å²) in [6.45, 7) is 13.3. The Morgan fingerprint density at radius 3 is 1.72 bits per heavy atom. The van der Waals surface area contributed by atoms with E-state index in [0.29, 0.717) is 6.42 Å². The van der Waals surface area contributed by atoms with Crippen molar-refractivity contribution in [3.05, 3.63) is 174 Å².